The number of rotatable bonds is 7. The fourth-order valence-corrected chi connectivity index (χ4v) is 6.31. The molecule has 5 rings (SSSR count). The normalized spacial score (nSPS) is 28.2. The Morgan fingerprint density at radius 1 is 1.23 bits per heavy atom. The van der Waals surface area contributed by atoms with Crippen LogP contribution in [0.1, 0.15) is 56.1 Å². The lowest BCUT2D eigenvalue weighted by Crippen LogP contribution is -2.49. The van der Waals surface area contributed by atoms with Gasteiger partial charge in [0.1, 0.15) is 5.76 Å². The lowest BCUT2D eigenvalue weighted by Gasteiger charge is -2.39. The van der Waals surface area contributed by atoms with E-state index in [2.05, 4.69) is 11.0 Å². The average Bonchev–Trinajstić information content (AvgIpc) is 3.52. The van der Waals surface area contributed by atoms with Crippen molar-refractivity contribution in [2.75, 3.05) is 34.1 Å². The Morgan fingerprint density at radius 3 is 2.71 bits per heavy atom. The van der Waals surface area contributed by atoms with Crippen LogP contribution in [0, 0.1) is 0 Å². The van der Waals surface area contributed by atoms with Gasteiger partial charge in [-0.2, -0.15) is 0 Å². The minimum Gasteiger partial charge on any atom is -0.497 e. The SMILES string of the molecule is CCCC(O)(CC(=O)OC)C(=O)OC1C(OC)=C[C@]23CCCN2CCc2cc4c(cc2[C@H]13)OCO4. The van der Waals surface area contributed by atoms with Gasteiger partial charge in [-0.25, -0.2) is 4.79 Å². The van der Waals surface area contributed by atoms with Gasteiger partial charge in [0.25, 0.3) is 0 Å². The number of carbonyl (C=O) groups is 2. The second-order valence-electron chi connectivity index (χ2n) is 9.83. The maximum Gasteiger partial charge on any atom is 0.339 e. The van der Waals surface area contributed by atoms with Crippen molar-refractivity contribution < 1.29 is 38.4 Å². The molecule has 190 valence electrons. The molecule has 1 aliphatic carbocycles. The maximum absolute atomic E-state index is 13.5. The molecule has 1 aromatic carbocycles. The van der Waals surface area contributed by atoms with E-state index in [1.807, 2.05) is 19.1 Å². The predicted octanol–water partition coefficient (Wildman–Crippen LogP) is 2.44. The predicted molar refractivity (Wildman–Crippen MR) is 124 cm³/mol. The lowest BCUT2D eigenvalue weighted by atomic mass is 9.77. The number of benzene rings is 1. The van der Waals surface area contributed by atoms with Crippen molar-refractivity contribution in [1.29, 1.82) is 0 Å². The van der Waals surface area contributed by atoms with Crippen molar-refractivity contribution in [3.05, 3.63) is 35.1 Å². The first-order valence-electron chi connectivity index (χ1n) is 12.3. The molecule has 1 spiro atoms. The van der Waals surface area contributed by atoms with Crippen LogP contribution in [0.25, 0.3) is 0 Å². The maximum atomic E-state index is 13.5. The molecule has 35 heavy (non-hydrogen) atoms. The average molecular weight is 488 g/mol. The summed E-state index contributed by atoms with van der Waals surface area (Å²) in [6.45, 7) is 3.81. The standard InChI is InChI=1S/C26H33NO8/c1-4-7-26(30,14-21(28)32-3)24(29)35-23-20(31-2)13-25-8-5-9-27(25)10-6-16-11-18-19(34-15-33-18)12-17(16)22(23)25/h11-13,22-23,30H,4-10,14-15H2,1-3H3/t22-,23?,25+,26?/m1/s1. The third-order valence-electron chi connectivity index (χ3n) is 7.91. The lowest BCUT2D eigenvalue weighted by molar-refractivity contribution is -0.178. The monoisotopic (exact) mass is 487 g/mol. The van der Waals surface area contributed by atoms with Gasteiger partial charge in [0.05, 0.1) is 32.1 Å². The highest BCUT2D eigenvalue weighted by Crippen LogP contribution is 2.55. The Balaban J connectivity index is 1.56. The Bertz CT molecular complexity index is 1050. The number of ether oxygens (including phenoxy) is 5. The third-order valence-corrected chi connectivity index (χ3v) is 7.91. The molecule has 9 heteroatoms. The summed E-state index contributed by atoms with van der Waals surface area (Å²) in [6, 6.07) is 4.04. The van der Waals surface area contributed by atoms with E-state index in [-0.39, 0.29) is 24.7 Å². The number of methoxy groups -OCH3 is 2. The molecule has 1 saturated heterocycles. The van der Waals surface area contributed by atoms with E-state index >= 15 is 0 Å². The van der Waals surface area contributed by atoms with Gasteiger partial charge in [0, 0.05) is 6.54 Å². The van der Waals surface area contributed by atoms with Gasteiger partial charge in [0.2, 0.25) is 6.79 Å². The molecule has 0 bridgehead atoms. The van der Waals surface area contributed by atoms with E-state index in [4.69, 9.17) is 23.7 Å². The van der Waals surface area contributed by atoms with Gasteiger partial charge in [-0.3, -0.25) is 9.69 Å². The number of hydrogen-bond acceptors (Lipinski definition) is 9. The van der Waals surface area contributed by atoms with Crippen LogP contribution in [0.3, 0.4) is 0 Å². The van der Waals surface area contributed by atoms with Crippen molar-refractivity contribution in [3.63, 3.8) is 0 Å². The van der Waals surface area contributed by atoms with Crippen molar-refractivity contribution in [3.8, 4) is 11.5 Å². The summed E-state index contributed by atoms with van der Waals surface area (Å²) >= 11 is 0. The molecule has 2 unspecified atom stereocenters. The Hall–Kier alpha value is -2.78. The number of carbonyl (C=O) groups excluding carboxylic acids is 2. The Labute approximate surface area is 204 Å². The van der Waals surface area contributed by atoms with Crippen molar-refractivity contribution in [2.24, 2.45) is 0 Å². The van der Waals surface area contributed by atoms with E-state index < -0.39 is 30.1 Å². The molecule has 9 nitrogen and oxygen atoms in total. The zero-order valence-corrected chi connectivity index (χ0v) is 20.5. The van der Waals surface area contributed by atoms with E-state index in [0.29, 0.717) is 17.9 Å². The van der Waals surface area contributed by atoms with Crippen LogP contribution in [0.4, 0.5) is 0 Å². The van der Waals surface area contributed by atoms with E-state index in [9.17, 15) is 14.7 Å². The van der Waals surface area contributed by atoms with Crippen LogP contribution in [0.15, 0.2) is 24.0 Å². The minimum absolute atomic E-state index is 0.0802. The van der Waals surface area contributed by atoms with E-state index in [1.54, 1.807) is 7.11 Å². The van der Waals surface area contributed by atoms with Crippen molar-refractivity contribution >= 4 is 11.9 Å². The summed E-state index contributed by atoms with van der Waals surface area (Å²) in [5.41, 5.74) is -0.195. The van der Waals surface area contributed by atoms with Crippen LogP contribution in [-0.4, -0.2) is 73.3 Å². The van der Waals surface area contributed by atoms with Gasteiger partial charge in [-0.1, -0.05) is 13.3 Å². The van der Waals surface area contributed by atoms with Gasteiger partial charge in [-0.15, -0.1) is 0 Å². The number of hydrogen-bond donors (Lipinski definition) is 1. The second-order valence-corrected chi connectivity index (χ2v) is 9.83. The zero-order valence-electron chi connectivity index (χ0n) is 20.5. The fraction of sp³-hybridized carbons (Fsp3) is 0.615. The summed E-state index contributed by atoms with van der Waals surface area (Å²) in [6.07, 6.45) is 4.20. The number of aliphatic hydroxyl groups is 1. The first-order valence-corrected chi connectivity index (χ1v) is 12.3. The topological polar surface area (TPSA) is 104 Å². The van der Waals surface area contributed by atoms with Crippen molar-refractivity contribution in [2.45, 2.75) is 68.6 Å². The quantitative estimate of drug-likeness (QED) is 0.581. The summed E-state index contributed by atoms with van der Waals surface area (Å²) in [7, 11) is 2.80. The van der Waals surface area contributed by atoms with Crippen LogP contribution < -0.4 is 9.47 Å². The zero-order chi connectivity index (χ0) is 24.8. The van der Waals surface area contributed by atoms with Crippen LogP contribution in [-0.2, 0) is 30.2 Å². The third kappa shape index (κ3) is 3.85. The van der Waals surface area contributed by atoms with Crippen LogP contribution >= 0.6 is 0 Å². The van der Waals surface area contributed by atoms with E-state index in [1.165, 1.54) is 7.11 Å². The molecule has 1 N–H and O–H groups in total. The molecule has 1 fully saturated rings. The molecule has 0 saturated carbocycles. The molecule has 1 aromatic rings. The van der Waals surface area contributed by atoms with Crippen LogP contribution in [0.5, 0.6) is 11.5 Å². The van der Waals surface area contributed by atoms with Gasteiger partial charge >= 0.3 is 11.9 Å². The molecule has 4 aliphatic rings. The van der Waals surface area contributed by atoms with E-state index in [0.717, 1.165) is 49.2 Å². The molecule has 0 amide bonds. The Morgan fingerprint density at radius 2 is 2.00 bits per heavy atom. The van der Waals surface area contributed by atoms with Crippen molar-refractivity contribution in [1.82, 2.24) is 4.90 Å². The molecule has 3 heterocycles. The first-order chi connectivity index (χ1) is 16.8. The summed E-state index contributed by atoms with van der Waals surface area (Å²) in [4.78, 5) is 27.9. The molecular formula is C26H33NO8. The first kappa shape index (κ1) is 23.9. The highest BCUT2D eigenvalue weighted by Gasteiger charge is 2.59. The molecular weight excluding hydrogens is 454 g/mol. The minimum atomic E-state index is -1.98. The van der Waals surface area contributed by atoms with Gasteiger partial charge < -0.3 is 28.8 Å². The molecule has 3 aliphatic heterocycles. The highest BCUT2D eigenvalue weighted by molar-refractivity contribution is 5.86. The van der Waals surface area contributed by atoms with Crippen LogP contribution in [0.2, 0.25) is 0 Å². The van der Waals surface area contributed by atoms with Gasteiger partial charge in [-0.05, 0) is 61.6 Å². The second kappa shape index (κ2) is 9.02. The number of nitrogens with zero attached hydrogens (tertiary/aromatic N) is 1. The summed E-state index contributed by atoms with van der Waals surface area (Å²) < 4.78 is 27.9. The molecule has 0 aromatic heterocycles. The summed E-state index contributed by atoms with van der Waals surface area (Å²) in [5, 5.41) is 11.2. The fourth-order valence-electron chi connectivity index (χ4n) is 6.31. The highest BCUT2D eigenvalue weighted by atomic mass is 16.7. The molecule has 4 atom stereocenters. The Kier molecular flexibility index (Phi) is 6.17. The largest absolute Gasteiger partial charge is 0.497 e. The summed E-state index contributed by atoms with van der Waals surface area (Å²) in [5.74, 6) is 0.192. The van der Waals surface area contributed by atoms with Gasteiger partial charge in [0.15, 0.2) is 23.2 Å². The number of fused-ring (bicyclic) bond motifs is 3. The molecule has 0 radical (unpaired) electrons. The number of esters is 2. The smallest absolute Gasteiger partial charge is 0.339 e.